The highest BCUT2D eigenvalue weighted by molar-refractivity contribution is 7.90. The van der Waals surface area contributed by atoms with Gasteiger partial charge in [0, 0.05) is 27.7 Å². The fourth-order valence-corrected chi connectivity index (χ4v) is 4.44. The zero-order valence-corrected chi connectivity index (χ0v) is 20.2. The molecule has 8 nitrogen and oxygen atoms in total. The van der Waals surface area contributed by atoms with E-state index in [9.17, 15) is 22.4 Å². The maximum absolute atomic E-state index is 13.5. The molecule has 33 heavy (non-hydrogen) atoms. The van der Waals surface area contributed by atoms with E-state index < -0.39 is 34.5 Å². The van der Waals surface area contributed by atoms with Crippen molar-refractivity contribution in [3.8, 4) is 0 Å². The van der Waals surface area contributed by atoms with Crippen molar-refractivity contribution in [2.24, 2.45) is 0 Å². The minimum absolute atomic E-state index is 0.148. The fourth-order valence-electron chi connectivity index (χ4n) is 3.39. The fraction of sp³-hybridized carbons (Fsp3) is 0.391. The van der Waals surface area contributed by atoms with Crippen molar-refractivity contribution in [3.63, 3.8) is 0 Å². The van der Waals surface area contributed by atoms with E-state index in [-0.39, 0.29) is 18.1 Å². The molecule has 1 unspecified atom stereocenters. The summed E-state index contributed by atoms with van der Waals surface area (Å²) < 4.78 is 41.3. The normalized spacial score (nSPS) is 12.3. The lowest BCUT2D eigenvalue weighted by Gasteiger charge is -2.33. The highest BCUT2D eigenvalue weighted by Crippen LogP contribution is 2.21. The summed E-state index contributed by atoms with van der Waals surface area (Å²) in [4.78, 5) is 27.4. The molecule has 0 heterocycles. The monoisotopic (exact) mass is 478 g/mol. The van der Waals surface area contributed by atoms with Gasteiger partial charge in [-0.25, -0.2) is 8.70 Å². The third-order valence-electron chi connectivity index (χ3n) is 5.25. The maximum Gasteiger partial charge on any atom is 0.304 e. The molecule has 0 spiro atoms. The maximum atomic E-state index is 13.5. The lowest BCUT2D eigenvalue weighted by Crippen LogP contribution is -2.53. The van der Waals surface area contributed by atoms with Gasteiger partial charge in [0.1, 0.15) is 18.4 Å². The van der Waals surface area contributed by atoms with Gasteiger partial charge in [-0.1, -0.05) is 37.3 Å². The van der Waals surface area contributed by atoms with Gasteiger partial charge in [-0.3, -0.25) is 9.59 Å². The Hall–Kier alpha value is -2.98. The molecule has 0 aromatic heterocycles. The molecule has 2 amide bonds. The van der Waals surface area contributed by atoms with Gasteiger partial charge in [-0.2, -0.15) is 12.7 Å². The number of carbonyl (C=O) groups is 2. The van der Waals surface area contributed by atoms with Crippen LogP contribution in [-0.2, 0) is 26.2 Å². The summed E-state index contributed by atoms with van der Waals surface area (Å²) >= 11 is 0. The lowest BCUT2D eigenvalue weighted by atomic mass is 10.1. The van der Waals surface area contributed by atoms with Crippen LogP contribution in [0.4, 0.5) is 10.1 Å². The summed E-state index contributed by atoms with van der Waals surface area (Å²) in [5.74, 6) is -1.39. The van der Waals surface area contributed by atoms with Crippen molar-refractivity contribution < 1.29 is 22.4 Å². The van der Waals surface area contributed by atoms with Gasteiger partial charge in [-0.15, -0.1) is 0 Å². The molecule has 0 aliphatic heterocycles. The SMILES string of the molecule is CCC(C(=O)NC)N(CCc1ccccc1)C(=O)CN(c1ccc(F)cc1)S(=O)(=O)N(C)C. The highest BCUT2D eigenvalue weighted by atomic mass is 32.2. The zero-order chi connectivity index (χ0) is 24.6. The van der Waals surface area contributed by atoms with Crippen molar-refractivity contribution >= 4 is 27.7 Å². The van der Waals surface area contributed by atoms with Crippen LogP contribution in [0, 0.1) is 5.82 Å². The first-order valence-electron chi connectivity index (χ1n) is 10.6. The summed E-state index contributed by atoms with van der Waals surface area (Å²) in [6.45, 7) is 1.49. The Morgan fingerprint density at radius 3 is 2.15 bits per heavy atom. The van der Waals surface area contributed by atoms with Crippen LogP contribution in [0.3, 0.4) is 0 Å². The molecule has 180 valence electrons. The van der Waals surface area contributed by atoms with Gasteiger partial charge in [0.15, 0.2) is 0 Å². The van der Waals surface area contributed by atoms with Crippen LogP contribution in [-0.4, -0.2) is 69.7 Å². The largest absolute Gasteiger partial charge is 0.357 e. The third kappa shape index (κ3) is 6.75. The molecule has 0 saturated heterocycles. The molecule has 2 rings (SSSR count). The van der Waals surface area contributed by atoms with Crippen LogP contribution in [0.1, 0.15) is 18.9 Å². The van der Waals surface area contributed by atoms with Gasteiger partial charge in [-0.05, 0) is 42.7 Å². The summed E-state index contributed by atoms with van der Waals surface area (Å²) in [7, 11) is 0.130. The molecule has 1 N–H and O–H groups in total. The Kier molecular flexibility index (Phi) is 9.36. The molecule has 10 heteroatoms. The average molecular weight is 479 g/mol. The Bertz CT molecular complexity index is 1030. The predicted octanol–water partition coefficient (Wildman–Crippen LogP) is 2.03. The van der Waals surface area contributed by atoms with E-state index in [0.29, 0.717) is 12.8 Å². The lowest BCUT2D eigenvalue weighted by molar-refractivity contribution is -0.139. The number of amides is 2. The van der Waals surface area contributed by atoms with Gasteiger partial charge < -0.3 is 10.2 Å². The van der Waals surface area contributed by atoms with Gasteiger partial charge in [0.2, 0.25) is 11.8 Å². The molecule has 0 aliphatic carbocycles. The number of rotatable bonds is 11. The number of anilines is 1. The number of benzene rings is 2. The standard InChI is InChI=1S/C23H31FN4O4S/c1-5-21(23(30)25-2)27(16-15-18-9-7-6-8-10-18)22(29)17-28(33(31,32)26(3)4)20-13-11-19(24)12-14-20/h6-14,21H,5,15-17H2,1-4H3,(H,25,30). The molecule has 0 bridgehead atoms. The third-order valence-corrected chi connectivity index (χ3v) is 7.07. The second-order valence-electron chi connectivity index (χ2n) is 7.63. The summed E-state index contributed by atoms with van der Waals surface area (Å²) in [5, 5.41) is 2.57. The van der Waals surface area contributed by atoms with E-state index in [0.717, 1.165) is 26.3 Å². The minimum Gasteiger partial charge on any atom is -0.357 e. The van der Waals surface area contributed by atoms with E-state index in [1.807, 2.05) is 30.3 Å². The summed E-state index contributed by atoms with van der Waals surface area (Å²) in [6.07, 6.45) is 0.855. The Labute approximate surface area is 195 Å². The second kappa shape index (κ2) is 11.8. The minimum atomic E-state index is -4.06. The molecule has 2 aromatic rings. The molecule has 2 aromatic carbocycles. The Balaban J connectivity index is 2.39. The summed E-state index contributed by atoms with van der Waals surface area (Å²) in [5.41, 5.74) is 1.13. The van der Waals surface area contributed by atoms with Crippen molar-refractivity contribution in [1.82, 2.24) is 14.5 Å². The summed E-state index contributed by atoms with van der Waals surface area (Å²) in [6, 6.07) is 13.6. The van der Waals surface area contributed by atoms with Gasteiger partial charge in [0.25, 0.3) is 0 Å². The first-order chi connectivity index (χ1) is 15.6. The Morgan fingerprint density at radius 1 is 1.03 bits per heavy atom. The van der Waals surface area contributed by atoms with Gasteiger partial charge in [0.05, 0.1) is 5.69 Å². The van der Waals surface area contributed by atoms with Crippen molar-refractivity contribution in [2.45, 2.75) is 25.8 Å². The predicted molar refractivity (Wildman–Crippen MR) is 126 cm³/mol. The van der Waals surface area contributed by atoms with Crippen LogP contribution in [0.5, 0.6) is 0 Å². The van der Waals surface area contributed by atoms with Crippen LogP contribution < -0.4 is 9.62 Å². The van der Waals surface area contributed by atoms with Crippen LogP contribution in [0.25, 0.3) is 0 Å². The molecule has 0 saturated carbocycles. The number of carbonyl (C=O) groups excluding carboxylic acids is 2. The van der Waals surface area contributed by atoms with Crippen molar-refractivity contribution in [3.05, 3.63) is 66.0 Å². The number of nitrogens with one attached hydrogen (secondary N) is 1. The quantitative estimate of drug-likeness (QED) is 0.535. The second-order valence-corrected chi connectivity index (χ2v) is 9.70. The van der Waals surface area contributed by atoms with Gasteiger partial charge >= 0.3 is 10.2 Å². The number of nitrogens with zero attached hydrogens (tertiary/aromatic N) is 3. The van der Waals surface area contributed by atoms with Crippen LogP contribution in [0.15, 0.2) is 54.6 Å². The molecule has 0 aliphatic rings. The molecule has 0 fully saturated rings. The zero-order valence-electron chi connectivity index (χ0n) is 19.4. The molecule has 0 radical (unpaired) electrons. The smallest absolute Gasteiger partial charge is 0.304 e. The van der Waals surface area contributed by atoms with Crippen molar-refractivity contribution in [1.29, 1.82) is 0 Å². The number of halogens is 1. The van der Waals surface area contributed by atoms with E-state index in [1.165, 1.54) is 38.2 Å². The Morgan fingerprint density at radius 2 is 1.64 bits per heavy atom. The number of hydrogen-bond acceptors (Lipinski definition) is 4. The number of likely N-dealkylation sites (N-methyl/N-ethyl adjacent to an activating group) is 1. The van der Waals surface area contributed by atoms with E-state index in [2.05, 4.69) is 5.32 Å². The van der Waals surface area contributed by atoms with E-state index in [1.54, 1.807) is 6.92 Å². The van der Waals surface area contributed by atoms with Crippen LogP contribution >= 0.6 is 0 Å². The molecular weight excluding hydrogens is 447 g/mol. The van der Waals surface area contributed by atoms with E-state index >= 15 is 0 Å². The first kappa shape index (κ1) is 26.3. The van der Waals surface area contributed by atoms with E-state index in [4.69, 9.17) is 0 Å². The highest BCUT2D eigenvalue weighted by Gasteiger charge is 2.33. The molecular formula is C23H31FN4O4S. The number of hydrogen-bond donors (Lipinski definition) is 1. The van der Waals surface area contributed by atoms with Crippen LogP contribution in [0.2, 0.25) is 0 Å². The van der Waals surface area contributed by atoms with Crippen molar-refractivity contribution in [2.75, 3.05) is 38.5 Å². The first-order valence-corrected chi connectivity index (χ1v) is 12.0. The molecule has 1 atom stereocenters. The topological polar surface area (TPSA) is 90.0 Å². The average Bonchev–Trinajstić information content (AvgIpc) is 2.80.